The summed E-state index contributed by atoms with van der Waals surface area (Å²) in [7, 11) is 0. The monoisotopic (exact) mass is 754 g/mol. The highest BCUT2D eigenvalue weighted by atomic mass is 14.9. The maximum atomic E-state index is 5.26. The first-order valence-electron chi connectivity index (χ1n) is 20.6. The molecule has 0 spiro atoms. The number of rotatable bonds is 6. The topological polar surface area (TPSA) is 25.8 Å². The molecule has 0 N–H and O–H groups in total. The fraction of sp³-hybridized carbons (Fsp3) is 0.0877. The van der Waals surface area contributed by atoms with Crippen molar-refractivity contribution in [3.05, 3.63) is 217 Å². The summed E-state index contributed by atoms with van der Waals surface area (Å²) < 4.78 is 0. The molecule has 8 aromatic carbocycles. The fourth-order valence-electron chi connectivity index (χ4n) is 9.83. The maximum absolute atomic E-state index is 5.26. The Morgan fingerprint density at radius 1 is 0.407 bits per heavy atom. The first kappa shape index (κ1) is 35.0. The molecule has 2 nitrogen and oxygen atoms in total. The van der Waals surface area contributed by atoms with Crippen molar-refractivity contribution in [2.75, 3.05) is 0 Å². The molecule has 0 amide bonds. The highest BCUT2D eigenvalue weighted by molar-refractivity contribution is 5.98. The Morgan fingerprint density at radius 2 is 0.847 bits per heavy atom. The Hall–Kier alpha value is -7.16. The van der Waals surface area contributed by atoms with Crippen LogP contribution in [0.3, 0.4) is 0 Å². The zero-order chi connectivity index (χ0) is 39.5. The number of benzene rings is 8. The summed E-state index contributed by atoms with van der Waals surface area (Å²) in [6, 6.07) is 65.7. The van der Waals surface area contributed by atoms with Crippen LogP contribution < -0.4 is 0 Å². The van der Waals surface area contributed by atoms with Crippen molar-refractivity contribution < 1.29 is 0 Å². The minimum atomic E-state index is 0.0230. The van der Waals surface area contributed by atoms with Gasteiger partial charge in [0.25, 0.3) is 0 Å². The minimum absolute atomic E-state index is 0.0230. The molecule has 0 saturated carbocycles. The molecule has 0 saturated heterocycles. The van der Waals surface area contributed by atoms with Gasteiger partial charge in [-0.15, -0.1) is 0 Å². The lowest BCUT2D eigenvalue weighted by atomic mass is 9.73. The van der Waals surface area contributed by atoms with E-state index < -0.39 is 0 Å². The Labute approximate surface area is 345 Å². The smallest absolute Gasteiger partial charge is 0.160 e. The van der Waals surface area contributed by atoms with Crippen LogP contribution in [0.2, 0.25) is 0 Å². The van der Waals surface area contributed by atoms with Crippen molar-refractivity contribution in [1.29, 1.82) is 0 Å². The third-order valence-electron chi connectivity index (χ3n) is 12.8. The minimum Gasteiger partial charge on any atom is -0.228 e. The number of hydrogen-bond donors (Lipinski definition) is 0. The van der Waals surface area contributed by atoms with Crippen molar-refractivity contribution in [3.8, 4) is 67.3 Å². The molecule has 280 valence electrons. The van der Waals surface area contributed by atoms with Gasteiger partial charge in [-0.2, -0.15) is 0 Å². The van der Waals surface area contributed by atoms with Crippen molar-refractivity contribution in [1.82, 2.24) is 9.97 Å². The maximum Gasteiger partial charge on any atom is 0.160 e. The summed E-state index contributed by atoms with van der Waals surface area (Å²) in [6.45, 7) is 4.81. The van der Waals surface area contributed by atoms with E-state index in [4.69, 9.17) is 9.97 Å². The highest BCUT2D eigenvalue weighted by Gasteiger charge is 2.45. The van der Waals surface area contributed by atoms with Gasteiger partial charge >= 0.3 is 0 Å². The number of allylic oxidation sites excluding steroid dienone is 4. The first-order chi connectivity index (χ1) is 29.0. The van der Waals surface area contributed by atoms with Gasteiger partial charge < -0.3 is 0 Å². The lowest BCUT2D eigenvalue weighted by Gasteiger charge is -2.30. The Morgan fingerprint density at radius 3 is 1.42 bits per heavy atom. The normalized spacial score (nSPS) is 16.3. The third kappa shape index (κ3) is 6.03. The van der Waals surface area contributed by atoms with E-state index in [9.17, 15) is 0 Å². The van der Waals surface area contributed by atoms with E-state index in [1.165, 1.54) is 66.1 Å². The number of fused-ring (bicyclic) bond motifs is 5. The Balaban J connectivity index is 0.990. The van der Waals surface area contributed by atoms with Gasteiger partial charge in [0.05, 0.1) is 11.4 Å². The second-order valence-electron chi connectivity index (χ2n) is 16.6. The van der Waals surface area contributed by atoms with Crippen LogP contribution in [0.25, 0.3) is 88.8 Å². The second-order valence-corrected chi connectivity index (χ2v) is 16.6. The zero-order valence-electron chi connectivity index (χ0n) is 33.2. The number of hydrogen-bond acceptors (Lipinski definition) is 2. The summed E-state index contributed by atoms with van der Waals surface area (Å²) in [5.74, 6) is 1.58. The Bertz CT molecular complexity index is 2960. The molecule has 1 aromatic heterocycles. The molecule has 2 unspecified atom stereocenters. The summed E-state index contributed by atoms with van der Waals surface area (Å²) in [4.78, 5) is 10.5. The molecule has 59 heavy (non-hydrogen) atoms. The number of nitrogens with zero attached hydrogens (tertiary/aromatic N) is 2. The van der Waals surface area contributed by atoms with E-state index in [1.807, 2.05) is 0 Å². The molecular weight excluding hydrogens is 713 g/mol. The van der Waals surface area contributed by atoms with Gasteiger partial charge in [-0.25, -0.2) is 9.97 Å². The van der Waals surface area contributed by atoms with E-state index in [0.29, 0.717) is 17.7 Å². The predicted molar refractivity (Wildman–Crippen MR) is 247 cm³/mol. The van der Waals surface area contributed by atoms with Crippen LogP contribution in [0.15, 0.2) is 206 Å². The average Bonchev–Trinajstić information content (AvgIpc) is 3.54. The molecule has 11 rings (SSSR count). The molecule has 0 fully saturated rings. The van der Waals surface area contributed by atoms with Crippen molar-refractivity contribution in [3.63, 3.8) is 0 Å². The van der Waals surface area contributed by atoms with Crippen LogP contribution in [0.5, 0.6) is 0 Å². The number of aromatic nitrogens is 2. The van der Waals surface area contributed by atoms with E-state index in [0.717, 1.165) is 28.1 Å². The molecule has 9 aromatic rings. The van der Waals surface area contributed by atoms with Gasteiger partial charge in [0.1, 0.15) is 0 Å². The zero-order valence-corrected chi connectivity index (χ0v) is 33.2. The van der Waals surface area contributed by atoms with Crippen LogP contribution in [0.4, 0.5) is 0 Å². The summed E-state index contributed by atoms with van der Waals surface area (Å²) in [5, 5.41) is 4.98. The molecule has 2 aliphatic carbocycles. The summed E-state index contributed by atoms with van der Waals surface area (Å²) >= 11 is 0. The van der Waals surface area contributed by atoms with E-state index in [-0.39, 0.29) is 5.41 Å². The van der Waals surface area contributed by atoms with Crippen LogP contribution in [0.1, 0.15) is 30.9 Å². The molecule has 1 heterocycles. The van der Waals surface area contributed by atoms with Gasteiger partial charge in [0, 0.05) is 22.6 Å². The largest absolute Gasteiger partial charge is 0.228 e. The van der Waals surface area contributed by atoms with Crippen molar-refractivity contribution in [2.45, 2.75) is 25.2 Å². The SMILES string of the molecule is CC1(C)c2c(-c3ccc(-c4nc(-c5ccc(-c6cccc7ccccc67)cc5)cc(-c5ccc(-c6cccc7ccccc67)cc5)n4)cc3)cccc2C2C=CC=CC21. The van der Waals surface area contributed by atoms with Gasteiger partial charge in [0.2, 0.25) is 0 Å². The molecule has 2 heteroatoms. The molecule has 2 aliphatic rings. The van der Waals surface area contributed by atoms with Crippen molar-refractivity contribution in [2.24, 2.45) is 5.92 Å². The molecule has 0 radical (unpaired) electrons. The van der Waals surface area contributed by atoms with E-state index in [2.05, 4.69) is 220 Å². The fourth-order valence-corrected chi connectivity index (χ4v) is 9.83. The van der Waals surface area contributed by atoms with Crippen LogP contribution in [-0.4, -0.2) is 9.97 Å². The first-order valence-corrected chi connectivity index (χ1v) is 20.6. The van der Waals surface area contributed by atoms with Gasteiger partial charge in [0.15, 0.2) is 5.82 Å². The average molecular weight is 755 g/mol. The molecule has 2 atom stereocenters. The summed E-state index contributed by atoms with van der Waals surface area (Å²) in [6.07, 6.45) is 9.19. The molecule has 0 aliphatic heterocycles. The lowest BCUT2D eigenvalue weighted by molar-refractivity contribution is 0.395. The van der Waals surface area contributed by atoms with Crippen LogP contribution in [0, 0.1) is 5.92 Å². The van der Waals surface area contributed by atoms with Gasteiger partial charge in [-0.05, 0) is 83.5 Å². The predicted octanol–water partition coefficient (Wildman–Crippen LogP) is 14.9. The quantitative estimate of drug-likeness (QED) is 0.169. The second kappa shape index (κ2) is 14.0. The van der Waals surface area contributed by atoms with E-state index >= 15 is 0 Å². The standard InChI is InChI=1S/C57H42N2/c1-57(2)52-23-8-7-18-50(52)51-22-11-21-49(55(51)57)41-28-34-44(35-29-41)56-58-53(42-30-24-39(25-31-42)47-19-9-14-37-12-3-5-16-45(37)47)36-54(59-56)43-32-26-40(27-33-43)48-20-10-15-38-13-4-6-17-46(38)48/h3-36,50,52H,1-2H3. The van der Waals surface area contributed by atoms with Gasteiger partial charge in [-0.1, -0.05) is 214 Å². The molecular formula is C57H42N2. The third-order valence-corrected chi connectivity index (χ3v) is 12.8. The van der Waals surface area contributed by atoms with E-state index in [1.54, 1.807) is 0 Å². The van der Waals surface area contributed by atoms with Crippen LogP contribution in [-0.2, 0) is 5.41 Å². The van der Waals surface area contributed by atoms with Gasteiger partial charge in [-0.3, -0.25) is 0 Å². The van der Waals surface area contributed by atoms with Crippen LogP contribution >= 0.6 is 0 Å². The molecule has 0 bridgehead atoms. The highest BCUT2D eigenvalue weighted by Crippen LogP contribution is 2.55. The summed E-state index contributed by atoms with van der Waals surface area (Å²) in [5.41, 5.74) is 15.1. The Kier molecular flexibility index (Phi) is 8.34. The lowest BCUT2D eigenvalue weighted by Crippen LogP contribution is -2.25. The van der Waals surface area contributed by atoms with Crippen molar-refractivity contribution >= 4 is 21.5 Å².